The Morgan fingerprint density at radius 3 is 2.27 bits per heavy atom. The van der Waals surface area contributed by atoms with E-state index in [-0.39, 0.29) is 11.9 Å². The monoisotopic (exact) mass is 159 g/mol. The van der Waals surface area contributed by atoms with Crippen LogP contribution in [0.25, 0.3) is 0 Å². The highest BCUT2D eigenvalue weighted by atomic mass is 16.2. The number of hydrogen-bond acceptors (Lipinski definition) is 2. The van der Waals surface area contributed by atoms with E-state index in [1.807, 2.05) is 6.92 Å². The lowest BCUT2D eigenvalue weighted by molar-refractivity contribution is -0.119. The molecular formula is C6H13N3O2. The number of amides is 3. The molecule has 3 amide bonds. The number of carbonyl (C=O) groups excluding carboxylic acids is 2. The van der Waals surface area contributed by atoms with Gasteiger partial charge in [-0.1, -0.05) is 0 Å². The zero-order valence-corrected chi connectivity index (χ0v) is 6.97. The maximum absolute atomic E-state index is 10.9. The minimum Gasteiger partial charge on any atom is -0.327 e. The minimum atomic E-state index is -0.317. The maximum Gasteiger partial charge on any atom is 0.335 e. The van der Waals surface area contributed by atoms with Crippen molar-refractivity contribution in [3.8, 4) is 0 Å². The first-order chi connectivity index (χ1) is 5.07. The van der Waals surface area contributed by atoms with Crippen LogP contribution < -0.4 is 10.9 Å². The fraction of sp³-hybridized carbons (Fsp3) is 0.667. The molecule has 5 heteroatoms. The van der Waals surface area contributed by atoms with E-state index in [9.17, 15) is 9.59 Å². The van der Waals surface area contributed by atoms with E-state index < -0.39 is 0 Å². The van der Waals surface area contributed by atoms with Gasteiger partial charge in [0.1, 0.15) is 0 Å². The number of nitrogens with one attached hydrogen (secondary N) is 2. The molecule has 0 atom stereocenters. The highest BCUT2D eigenvalue weighted by Gasteiger charge is 2.03. The van der Waals surface area contributed by atoms with Crippen molar-refractivity contribution in [2.45, 2.75) is 13.8 Å². The molecule has 0 spiro atoms. The summed E-state index contributed by atoms with van der Waals surface area (Å²) in [7, 11) is 1.64. The second kappa shape index (κ2) is 4.54. The molecule has 0 heterocycles. The van der Waals surface area contributed by atoms with Gasteiger partial charge in [-0.25, -0.2) is 10.2 Å². The molecule has 11 heavy (non-hydrogen) atoms. The molecule has 0 aliphatic carbocycles. The Morgan fingerprint density at radius 1 is 1.36 bits per heavy atom. The lowest BCUT2D eigenvalue weighted by atomic mass is 10.6. The molecule has 0 saturated carbocycles. The Morgan fingerprint density at radius 2 is 1.91 bits per heavy atom. The summed E-state index contributed by atoms with van der Waals surface area (Å²) in [6.45, 7) is 3.77. The number of nitrogens with zero attached hydrogens (tertiary/aromatic N) is 1. The normalized spacial score (nSPS) is 8.64. The lowest BCUT2D eigenvalue weighted by Crippen LogP contribution is -2.46. The summed E-state index contributed by atoms with van der Waals surface area (Å²) >= 11 is 0. The van der Waals surface area contributed by atoms with Crippen molar-refractivity contribution in [1.29, 1.82) is 0 Å². The van der Waals surface area contributed by atoms with E-state index in [0.717, 1.165) is 0 Å². The molecule has 0 unspecified atom stereocenters. The van der Waals surface area contributed by atoms with E-state index in [2.05, 4.69) is 10.9 Å². The van der Waals surface area contributed by atoms with Crippen LogP contribution in [0.5, 0.6) is 0 Å². The van der Waals surface area contributed by atoms with Crippen molar-refractivity contribution < 1.29 is 9.59 Å². The number of urea groups is 1. The van der Waals surface area contributed by atoms with Crippen molar-refractivity contribution in [3.05, 3.63) is 0 Å². The van der Waals surface area contributed by atoms with Crippen LogP contribution >= 0.6 is 0 Å². The summed E-state index contributed by atoms with van der Waals surface area (Å²) in [5, 5.41) is 0. The molecule has 0 fully saturated rings. The predicted octanol–water partition coefficient (Wildman–Crippen LogP) is -0.301. The largest absolute Gasteiger partial charge is 0.335 e. The van der Waals surface area contributed by atoms with Gasteiger partial charge in [0.2, 0.25) is 5.91 Å². The Balaban J connectivity index is 3.60. The van der Waals surface area contributed by atoms with Crippen LogP contribution in [0.4, 0.5) is 4.79 Å². The Bertz CT molecular complexity index is 158. The predicted molar refractivity (Wildman–Crippen MR) is 40.7 cm³/mol. The molecule has 0 radical (unpaired) electrons. The summed E-state index contributed by atoms with van der Waals surface area (Å²) in [5.41, 5.74) is 4.40. The van der Waals surface area contributed by atoms with E-state index in [4.69, 9.17) is 0 Å². The maximum atomic E-state index is 10.9. The number of hydrogen-bond donors (Lipinski definition) is 2. The van der Waals surface area contributed by atoms with Gasteiger partial charge in [-0.3, -0.25) is 10.2 Å². The van der Waals surface area contributed by atoms with Crippen LogP contribution in [-0.4, -0.2) is 30.4 Å². The average molecular weight is 159 g/mol. The Hall–Kier alpha value is -1.26. The molecular weight excluding hydrogens is 146 g/mol. The van der Waals surface area contributed by atoms with Crippen molar-refractivity contribution in [1.82, 2.24) is 15.8 Å². The van der Waals surface area contributed by atoms with Gasteiger partial charge in [0.25, 0.3) is 0 Å². The molecule has 5 nitrogen and oxygen atoms in total. The molecule has 0 aliphatic heterocycles. The van der Waals surface area contributed by atoms with Gasteiger partial charge >= 0.3 is 6.03 Å². The van der Waals surface area contributed by atoms with Gasteiger partial charge < -0.3 is 4.90 Å². The van der Waals surface area contributed by atoms with Crippen LogP contribution in [-0.2, 0) is 4.79 Å². The van der Waals surface area contributed by atoms with Crippen LogP contribution in [0.15, 0.2) is 0 Å². The standard InChI is InChI=1S/C6H13N3O2/c1-4-9(3)6(11)8-7-5(2)10/h4H2,1-3H3,(H,7,10)(H,8,11). The first kappa shape index (κ1) is 9.74. The third kappa shape index (κ3) is 4.19. The van der Waals surface area contributed by atoms with Gasteiger partial charge in [0, 0.05) is 20.5 Å². The molecule has 0 aliphatic rings. The second-order valence-electron chi connectivity index (χ2n) is 2.13. The highest BCUT2D eigenvalue weighted by Crippen LogP contribution is 1.79. The first-order valence-electron chi connectivity index (χ1n) is 3.35. The summed E-state index contributed by atoms with van der Waals surface area (Å²) < 4.78 is 0. The van der Waals surface area contributed by atoms with E-state index >= 15 is 0 Å². The molecule has 2 N–H and O–H groups in total. The van der Waals surface area contributed by atoms with Crippen molar-refractivity contribution >= 4 is 11.9 Å². The summed E-state index contributed by atoms with van der Waals surface area (Å²) in [4.78, 5) is 22.6. The fourth-order valence-electron chi connectivity index (χ4n) is 0.381. The smallest absolute Gasteiger partial charge is 0.327 e. The van der Waals surface area contributed by atoms with Crippen LogP contribution in [0.3, 0.4) is 0 Å². The quantitative estimate of drug-likeness (QED) is 0.516. The van der Waals surface area contributed by atoms with Crippen molar-refractivity contribution in [3.63, 3.8) is 0 Å². The Kier molecular flexibility index (Phi) is 4.02. The third-order valence-corrected chi connectivity index (χ3v) is 1.17. The van der Waals surface area contributed by atoms with E-state index in [0.29, 0.717) is 6.54 Å². The molecule has 0 rings (SSSR count). The zero-order chi connectivity index (χ0) is 8.85. The number of carbonyl (C=O) groups is 2. The van der Waals surface area contributed by atoms with Crippen molar-refractivity contribution in [2.24, 2.45) is 0 Å². The van der Waals surface area contributed by atoms with E-state index in [1.165, 1.54) is 11.8 Å². The molecule has 0 aromatic rings. The molecule has 0 saturated heterocycles. The molecule has 0 bridgehead atoms. The van der Waals surface area contributed by atoms with Gasteiger partial charge in [-0.15, -0.1) is 0 Å². The first-order valence-corrected chi connectivity index (χ1v) is 3.35. The Labute approximate surface area is 65.7 Å². The van der Waals surface area contributed by atoms with Crippen molar-refractivity contribution in [2.75, 3.05) is 13.6 Å². The summed E-state index contributed by atoms with van der Waals surface area (Å²) in [5.74, 6) is -0.289. The number of rotatable bonds is 1. The van der Waals surface area contributed by atoms with Crippen LogP contribution in [0.1, 0.15) is 13.8 Å². The number of hydrazine groups is 1. The summed E-state index contributed by atoms with van der Waals surface area (Å²) in [6.07, 6.45) is 0. The van der Waals surface area contributed by atoms with Gasteiger partial charge in [-0.05, 0) is 6.92 Å². The van der Waals surface area contributed by atoms with Crippen LogP contribution in [0.2, 0.25) is 0 Å². The average Bonchev–Trinajstić information content (AvgIpc) is 1.98. The van der Waals surface area contributed by atoms with Gasteiger partial charge in [0.15, 0.2) is 0 Å². The second-order valence-corrected chi connectivity index (χ2v) is 2.13. The zero-order valence-electron chi connectivity index (χ0n) is 6.97. The van der Waals surface area contributed by atoms with Gasteiger partial charge in [0.05, 0.1) is 0 Å². The van der Waals surface area contributed by atoms with Gasteiger partial charge in [-0.2, -0.15) is 0 Å². The minimum absolute atomic E-state index is 0.289. The van der Waals surface area contributed by atoms with E-state index in [1.54, 1.807) is 7.05 Å². The topological polar surface area (TPSA) is 61.4 Å². The SMILES string of the molecule is CCN(C)C(=O)NNC(C)=O. The highest BCUT2D eigenvalue weighted by molar-refractivity contribution is 5.79. The fourth-order valence-corrected chi connectivity index (χ4v) is 0.381. The third-order valence-electron chi connectivity index (χ3n) is 1.17. The molecule has 64 valence electrons. The molecule has 0 aromatic carbocycles. The molecule has 0 aromatic heterocycles. The van der Waals surface area contributed by atoms with Crippen LogP contribution in [0, 0.1) is 0 Å². The summed E-state index contributed by atoms with van der Waals surface area (Å²) in [6, 6.07) is -0.317. The lowest BCUT2D eigenvalue weighted by Gasteiger charge is -2.14.